The quantitative estimate of drug-likeness (QED) is 0.810. The number of carboxylic acid groups (broad SMARTS) is 1. The zero-order valence-electron chi connectivity index (χ0n) is 12.2. The van der Waals surface area contributed by atoms with Crippen LogP contribution in [0.15, 0.2) is 0 Å². The van der Waals surface area contributed by atoms with Crippen LogP contribution in [0.5, 0.6) is 0 Å². The molecule has 0 aromatic carbocycles. The molecule has 1 heterocycles. The highest BCUT2D eigenvalue weighted by molar-refractivity contribution is 7.92. The van der Waals surface area contributed by atoms with Gasteiger partial charge in [-0.3, -0.25) is 9.59 Å². The summed E-state index contributed by atoms with van der Waals surface area (Å²) in [5.41, 5.74) is 0. The first kappa shape index (κ1) is 16.9. The number of amides is 1. The third-order valence-corrected chi connectivity index (χ3v) is 6.35. The molecular formula is C13H23NO5S. The van der Waals surface area contributed by atoms with E-state index in [1.165, 1.54) is 4.90 Å². The van der Waals surface area contributed by atoms with Gasteiger partial charge in [0, 0.05) is 13.1 Å². The Labute approximate surface area is 120 Å². The van der Waals surface area contributed by atoms with Crippen LogP contribution in [0.1, 0.15) is 33.6 Å². The number of likely N-dealkylation sites (tertiary alicyclic amines) is 1. The number of piperidine rings is 1. The van der Waals surface area contributed by atoms with Crippen molar-refractivity contribution in [3.63, 3.8) is 0 Å². The first-order valence-corrected chi connectivity index (χ1v) is 8.59. The summed E-state index contributed by atoms with van der Waals surface area (Å²) < 4.78 is 24.1. The number of aliphatic carboxylic acids is 1. The molecule has 20 heavy (non-hydrogen) atoms. The van der Waals surface area contributed by atoms with E-state index in [-0.39, 0.29) is 5.92 Å². The molecule has 0 aromatic heterocycles. The van der Waals surface area contributed by atoms with Crippen molar-refractivity contribution in [2.45, 2.75) is 38.9 Å². The minimum Gasteiger partial charge on any atom is -0.481 e. The molecule has 1 aliphatic rings. The molecule has 1 amide bonds. The lowest BCUT2D eigenvalue weighted by molar-refractivity contribution is -0.145. The molecule has 1 atom stereocenters. The number of hydrogen-bond donors (Lipinski definition) is 1. The summed E-state index contributed by atoms with van der Waals surface area (Å²) in [6, 6.07) is 0. The van der Waals surface area contributed by atoms with Gasteiger partial charge in [-0.2, -0.15) is 0 Å². The lowest BCUT2D eigenvalue weighted by Crippen LogP contribution is -2.44. The van der Waals surface area contributed by atoms with Crippen LogP contribution in [0.3, 0.4) is 0 Å². The molecule has 7 heteroatoms. The molecule has 116 valence electrons. The highest BCUT2D eigenvalue weighted by Crippen LogP contribution is 2.19. The monoisotopic (exact) mass is 305 g/mol. The summed E-state index contributed by atoms with van der Waals surface area (Å²) in [6.07, 6.45) is 0.779. The van der Waals surface area contributed by atoms with Crippen molar-refractivity contribution >= 4 is 21.7 Å². The van der Waals surface area contributed by atoms with Crippen molar-refractivity contribution in [1.29, 1.82) is 0 Å². The minimum atomic E-state index is -3.45. The van der Waals surface area contributed by atoms with Crippen LogP contribution in [0.4, 0.5) is 0 Å². The van der Waals surface area contributed by atoms with Crippen molar-refractivity contribution in [3.8, 4) is 0 Å². The smallest absolute Gasteiger partial charge is 0.306 e. The molecule has 1 unspecified atom stereocenters. The summed E-state index contributed by atoms with van der Waals surface area (Å²) in [5.74, 6) is -2.21. The van der Waals surface area contributed by atoms with Gasteiger partial charge in [-0.1, -0.05) is 13.8 Å². The third kappa shape index (κ3) is 4.19. The maximum Gasteiger partial charge on any atom is 0.306 e. The number of sulfone groups is 1. The van der Waals surface area contributed by atoms with Crippen molar-refractivity contribution < 1.29 is 23.1 Å². The van der Waals surface area contributed by atoms with Gasteiger partial charge < -0.3 is 10.0 Å². The maximum atomic E-state index is 12.1. The van der Waals surface area contributed by atoms with Crippen molar-refractivity contribution in [1.82, 2.24) is 4.90 Å². The molecule has 1 fully saturated rings. The average molecular weight is 305 g/mol. The average Bonchev–Trinajstić information content (AvgIpc) is 2.37. The second-order valence-electron chi connectivity index (χ2n) is 5.75. The molecule has 0 spiro atoms. The van der Waals surface area contributed by atoms with Crippen LogP contribution < -0.4 is 0 Å². The highest BCUT2D eigenvalue weighted by Gasteiger charge is 2.31. The molecule has 1 rings (SSSR count). The van der Waals surface area contributed by atoms with Crippen molar-refractivity contribution in [2.24, 2.45) is 11.8 Å². The molecule has 1 N–H and O–H groups in total. The Morgan fingerprint density at radius 3 is 2.10 bits per heavy atom. The first-order chi connectivity index (χ1) is 9.15. The van der Waals surface area contributed by atoms with E-state index in [1.54, 1.807) is 6.92 Å². The van der Waals surface area contributed by atoms with Gasteiger partial charge in [0.1, 0.15) is 5.75 Å². The maximum absolute atomic E-state index is 12.1. The Bertz CT molecular complexity index is 463. The largest absolute Gasteiger partial charge is 0.481 e. The Morgan fingerprint density at radius 1 is 1.20 bits per heavy atom. The van der Waals surface area contributed by atoms with Gasteiger partial charge in [0.25, 0.3) is 0 Å². The fourth-order valence-electron chi connectivity index (χ4n) is 2.19. The van der Waals surface area contributed by atoms with Crippen LogP contribution in [0.25, 0.3) is 0 Å². The second kappa shape index (κ2) is 6.56. The van der Waals surface area contributed by atoms with Gasteiger partial charge in [0.2, 0.25) is 5.91 Å². The lowest BCUT2D eigenvalue weighted by atomic mass is 9.97. The van der Waals surface area contributed by atoms with E-state index >= 15 is 0 Å². The number of carboxylic acids is 1. The van der Waals surface area contributed by atoms with Gasteiger partial charge in [-0.15, -0.1) is 0 Å². The topological polar surface area (TPSA) is 91.8 Å². The fourth-order valence-corrected chi connectivity index (χ4v) is 3.80. The van der Waals surface area contributed by atoms with Gasteiger partial charge in [0.05, 0.1) is 11.2 Å². The van der Waals surface area contributed by atoms with E-state index in [4.69, 9.17) is 5.11 Å². The van der Waals surface area contributed by atoms with E-state index in [0.29, 0.717) is 25.9 Å². The SMILES string of the molecule is CC(C)C(C)S(=O)(=O)CC(=O)N1CCC(C(=O)O)CC1. The molecule has 1 aliphatic heterocycles. The number of carbonyl (C=O) groups is 2. The summed E-state index contributed by atoms with van der Waals surface area (Å²) in [7, 11) is -3.45. The number of carbonyl (C=O) groups excluding carboxylic acids is 1. The zero-order valence-corrected chi connectivity index (χ0v) is 13.0. The first-order valence-electron chi connectivity index (χ1n) is 6.87. The predicted octanol–water partition coefficient (Wildman–Crippen LogP) is 0.769. The summed E-state index contributed by atoms with van der Waals surface area (Å²) in [6.45, 7) is 5.88. The Balaban J connectivity index is 2.59. The fraction of sp³-hybridized carbons (Fsp3) is 0.846. The summed E-state index contributed by atoms with van der Waals surface area (Å²) >= 11 is 0. The number of nitrogens with zero attached hydrogens (tertiary/aromatic N) is 1. The van der Waals surface area contributed by atoms with Gasteiger partial charge in [-0.25, -0.2) is 8.42 Å². The zero-order chi connectivity index (χ0) is 15.5. The molecule has 1 saturated heterocycles. The minimum absolute atomic E-state index is 0.0365. The summed E-state index contributed by atoms with van der Waals surface area (Å²) in [4.78, 5) is 24.3. The van der Waals surface area contributed by atoms with Crippen LogP contribution >= 0.6 is 0 Å². The second-order valence-corrected chi connectivity index (χ2v) is 8.11. The van der Waals surface area contributed by atoms with Gasteiger partial charge in [0.15, 0.2) is 9.84 Å². The van der Waals surface area contributed by atoms with Gasteiger partial charge in [-0.05, 0) is 25.7 Å². The molecule has 0 saturated carbocycles. The Hall–Kier alpha value is -1.11. The normalized spacial score (nSPS) is 19.1. The molecule has 0 bridgehead atoms. The highest BCUT2D eigenvalue weighted by atomic mass is 32.2. The van der Waals surface area contributed by atoms with Crippen LogP contribution in [0.2, 0.25) is 0 Å². The predicted molar refractivity (Wildman–Crippen MR) is 75.0 cm³/mol. The van der Waals surface area contributed by atoms with Crippen LogP contribution in [-0.4, -0.2) is 54.4 Å². The van der Waals surface area contributed by atoms with Crippen LogP contribution in [-0.2, 0) is 19.4 Å². The molecular weight excluding hydrogens is 282 g/mol. The number of rotatable bonds is 5. The molecule has 0 radical (unpaired) electrons. The van der Waals surface area contributed by atoms with Gasteiger partial charge >= 0.3 is 5.97 Å². The molecule has 0 aromatic rings. The van der Waals surface area contributed by atoms with Crippen molar-refractivity contribution in [2.75, 3.05) is 18.8 Å². The lowest BCUT2D eigenvalue weighted by Gasteiger charge is -2.30. The Kier molecular flexibility index (Phi) is 5.56. The van der Waals surface area contributed by atoms with E-state index in [9.17, 15) is 18.0 Å². The standard InChI is InChI=1S/C13H23NO5S/c1-9(2)10(3)20(18,19)8-12(15)14-6-4-11(5-7-14)13(16)17/h9-11H,4-8H2,1-3H3,(H,16,17). The van der Waals surface area contributed by atoms with Crippen LogP contribution in [0, 0.1) is 11.8 Å². The molecule has 6 nitrogen and oxygen atoms in total. The number of hydrogen-bond acceptors (Lipinski definition) is 4. The Morgan fingerprint density at radius 2 is 1.70 bits per heavy atom. The van der Waals surface area contributed by atoms with E-state index in [1.807, 2.05) is 13.8 Å². The molecule has 0 aliphatic carbocycles. The third-order valence-electron chi connectivity index (χ3n) is 4.03. The summed E-state index contributed by atoms with van der Waals surface area (Å²) in [5, 5.41) is 8.33. The van der Waals surface area contributed by atoms with E-state index in [0.717, 1.165) is 0 Å². The van der Waals surface area contributed by atoms with E-state index < -0.39 is 38.6 Å². The van der Waals surface area contributed by atoms with Crippen molar-refractivity contribution in [3.05, 3.63) is 0 Å². The van der Waals surface area contributed by atoms with E-state index in [2.05, 4.69) is 0 Å².